The molecule has 3 rings (SSSR count). The van der Waals surface area contributed by atoms with Crippen LogP contribution in [0.3, 0.4) is 0 Å². The summed E-state index contributed by atoms with van der Waals surface area (Å²) in [6.07, 6.45) is 3.61. The van der Waals surface area contributed by atoms with Gasteiger partial charge in [-0.2, -0.15) is 5.26 Å². The SMILES string of the molecule is CCCCn1c(N2CCN(C)CC2)c(C=C2SC(=S)N(C(C)C)C2=O)c(C)c(C#N)c1=O. The third-order valence-electron chi connectivity index (χ3n) is 6.00. The molecule has 0 unspecified atom stereocenters. The average molecular weight is 474 g/mol. The zero-order valence-corrected chi connectivity index (χ0v) is 21.1. The number of carbonyl (C=O) groups is 1. The van der Waals surface area contributed by atoms with E-state index in [0.29, 0.717) is 21.3 Å². The van der Waals surface area contributed by atoms with Crippen LogP contribution in [0.2, 0.25) is 0 Å². The second kappa shape index (κ2) is 10.2. The molecule has 2 fully saturated rings. The van der Waals surface area contributed by atoms with Crippen molar-refractivity contribution in [2.24, 2.45) is 0 Å². The second-order valence-electron chi connectivity index (χ2n) is 8.60. The first-order valence-corrected chi connectivity index (χ1v) is 12.3. The highest BCUT2D eigenvalue weighted by Gasteiger charge is 2.35. The molecule has 0 saturated carbocycles. The number of nitrogens with zero attached hydrogens (tertiary/aromatic N) is 5. The number of thiocarbonyl (C=S) groups is 1. The number of nitriles is 1. The van der Waals surface area contributed by atoms with Crippen molar-refractivity contribution in [2.45, 2.75) is 53.1 Å². The maximum atomic E-state index is 13.3. The molecule has 2 aliphatic heterocycles. The Labute approximate surface area is 199 Å². The fourth-order valence-corrected chi connectivity index (χ4v) is 5.59. The Morgan fingerprint density at radius 1 is 1.22 bits per heavy atom. The summed E-state index contributed by atoms with van der Waals surface area (Å²) in [5, 5.41) is 9.77. The van der Waals surface area contributed by atoms with Crippen LogP contribution in [-0.2, 0) is 11.3 Å². The molecule has 0 atom stereocenters. The van der Waals surface area contributed by atoms with Gasteiger partial charge in [-0.15, -0.1) is 0 Å². The number of pyridine rings is 1. The van der Waals surface area contributed by atoms with Crippen molar-refractivity contribution < 1.29 is 4.79 Å². The molecule has 32 heavy (non-hydrogen) atoms. The van der Waals surface area contributed by atoms with Crippen molar-refractivity contribution in [1.82, 2.24) is 14.4 Å². The smallest absolute Gasteiger partial charge is 0.270 e. The number of aromatic nitrogens is 1. The molecule has 7 nitrogen and oxygen atoms in total. The molecule has 2 aliphatic rings. The lowest BCUT2D eigenvalue weighted by Gasteiger charge is -2.36. The highest BCUT2D eigenvalue weighted by molar-refractivity contribution is 8.26. The summed E-state index contributed by atoms with van der Waals surface area (Å²) < 4.78 is 2.28. The van der Waals surface area contributed by atoms with E-state index in [1.807, 2.05) is 19.9 Å². The van der Waals surface area contributed by atoms with Crippen molar-refractivity contribution >= 4 is 46.1 Å². The molecule has 0 aliphatic carbocycles. The first kappa shape index (κ1) is 24.5. The topological polar surface area (TPSA) is 72.6 Å². The molecule has 0 aromatic carbocycles. The molecular formula is C23H31N5O2S2. The summed E-state index contributed by atoms with van der Waals surface area (Å²) >= 11 is 6.73. The van der Waals surface area contributed by atoms with Gasteiger partial charge in [-0.3, -0.25) is 19.1 Å². The van der Waals surface area contributed by atoms with Crippen molar-refractivity contribution in [2.75, 3.05) is 38.1 Å². The van der Waals surface area contributed by atoms with E-state index in [1.165, 1.54) is 11.8 Å². The van der Waals surface area contributed by atoms with Crippen LogP contribution in [0.15, 0.2) is 9.70 Å². The number of rotatable bonds is 6. The molecule has 9 heteroatoms. The lowest BCUT2D eigenvalue weighted by atomic mass is 10.0. The monoisotopic (exact) mass is 473 g/mol. The summed E-state index contributed by atoms with van der Waals surface area (Å²) in [5.74, 6) is 0.686. The van der Waals surface area contributed by atoms with Gasteiger partial charge in [0.1, 0.15) is 21.8 Å². The standard InChI is InChI=1S/C23H31N5O2S2/c1-6-7-8-27-20(26-11-9-25(5)10-12-26)17(16(4)18(14-24)21(27)29)13-19-22(30)28(15(2)3)23(31)32-19/h13,15H,6-12H2,1-5H3. The molecule has 3 heterocycles. The molecule has 0 N–H and O–H groups in total. The quantitative estimate of drug-likeness (QED) is 0.464. The van der Waals surface area contributed by atoms with Crippen molar-refractivity contribution in [3.05, 3.63) is 31.9 Å². The van der Waals surface area contributed by atoms with Gasteiger partial charge in [-0.1, -0.05) is 37.3 Å². The molecule has 1 amide bonds. The van der Waals surface area contributed by atoms with Crippen molar-refractivity contribution in [3.63, 3.8) is 0 Å². The average Bonchev–Trinajstić information content (AvgIpc) is 3.03. The summed E-state index contributed by atoms with van der Waals surface area (Å²) in [4.78, 5) is 33.0. The summed E-state index contributed by atoms with van der Waals surface area (Å²) in [5.41, 5.74) is 1.28. The van der Waals surface area contributed by atoms with Crippen LogP contribution in [-0.4, -0.2) is 63.9 Å². The van der Waals surface area contributed by atoms with Crippen LogP contribution in [0.1, 0.15) is 50.3 Å². The number of likely N-dealkylation sites (N-methyl/N-ethyl adjacent to an activating group) is 1. The molecule has 0 spiro atoms. The van der Waals surface area contributed by atoms with Crippen LogP contribution >= 0.6 is 24.0 Å². The minimum atomic E-state index is -0.251. The fraction of sp³-hybridized carbons (Fsp3) is 0.565. The first-order valence-electron chi connectivity index (χ1n) is 11.1. The zero-order valence-electron chi connectivity index (χ0n) is 19.5. The highest BCUT2D eigenvalue weighted by Crippen LogP contribution is 2.37. The third-order valence-corrected chi connectivity index (χ3v) is 7.33. The molecular weight excluding hydrogens is 442 g/mol. The number of hydrogen-bond donors (Lipinski definition) is 0. The predicted molar refractivity (Wildman–Crippen MR) is 135 cm³/mol. The molecule has 0 radical (unpaired) electrons. The summed E-state index contributed by atoms with van der Waals surface area (Å²) in [6, 6.07) is 2.08. The number of unbranched alkanes of at least 4 members (excludes halogenated alkanes) is 1. The second-order valence-corrected chi connectivity index (χ2v) is 10.3. The van der Waals surface area contributed by atoms with E-state index in [1.54, 1.807) is 16.4 Å². The van der Waals surface area contributed by atoms with E-state index in [4.69, 9.17) is 12.2 Å². The van der Waals surface area contributed by atoms with E-state index < -0.39 is 0 Å². The van der Waals surface area contributed by atoms with Gasteiger partial charge in [-0.25, -0.2) is 0 Å². The van der Waals surface area contributed by atoms with Gasteiger partial charge in [0, 0.05) is 44.3 Å². The molecule has 1 aromatic rings. The van der Waals surface area contributed by atoms with E-state index in [9.17, 15) is 14.9 Å². The molecule has 2 saturated heterocycles. The van der Waals surface area contributed by atoms with Gasteiger partial charge in [0.15, 0.2) is 0 Å². The Bertz CT molecular complexity index is 1050. The normalized spacial score (nSPS) is 18.8. The highest BCUT2D eigenvalue weighted by atomic mass is 32.2. The van der Waals surface area contributed by atoms with Gasteiger partial charge in [-0.05, 0) is 45.9 Å². The maximum absolute atomic E-state index is 13.3. The number of thioether (sulfide) groups is 1. The minimum Gasteiger partial charge on any atom is -0.355 e. The van der Waals surface area contributed by atoms with Gasteiger partial charge >= 0.3 is 0 Å². The minimum absolute atomic E-state index is 0.0280. The summed E-state index contributed by atoms with van der Waals surface area (Å²) in [6.45, 7) is 11.6. The Balaban J connectivity index is 2.24. The van der Waals surface area contributed by atoms with E-state index in [0.717, 1.165) is 50.4 Å². The maximum Gasteiger partial charge on any atom is 0.270 e. The van der Waals surface area contributed by atoms with Gasteiger partial charge in [0.25, 0.3) is 11.5 Å². The Morgan fingerprint density at radius 2 is 1.88 bits per heavy atom. The Morgan fingerprint density at radius 3 is 2.41 bits per heavy atom. The van der Waals surface area contributed by atoms with Crippen LogP contribution in [0.4, 0.5) is 5.82 Å². The molecule has 1 aromatic heterocycles. The fourth-order valence-electron chi connectivity index (χ4n) is 4.08. The van der Waals surface area contributed by atoms with Crippen LogP contribution in [0, 0.1) is 18.3 Å². The van der Waals surface area contributed by atoms with Gasteiger partial charge in [0.2, 0.25) is 0 Å². The lowest BCUT2D eigenvalue weighted by Crippen LogP contribution is -2.47. The third kappa shape index (κ3) is 4.63. The summed E-state index contributed by atoms with van der Waals surface area (Å²) in [7, 11) is 2.09. The number of amides is 1. The Kier molecular flexibility index (Phi) is 7.80. The van der Waals surface area contributed by atoms with E-state index >= 15 is 0 Å². The zero-order chi connectivity index (χ0) is 23.6. The molecule has 0 bridgehead atoms. The number of carbonyl (C=O) groups excluding carboxylic acids is 1. The van der Waals surface area contributed by atoms with Crippen molar-refractivity contribution in [3.8, 4) is 6.07 Å². The van der Waals surface area contributed by atoms with Crippen LogP contribution < -0.4 is 10.5 Å². The predicted octanol–water partition coefficient (Wildman–Crippen LogP) is 3.19. The molecule has 172 valence electrons. The van der Waals surface area contributed by atoms with E-state index in [2.05, 4.69) is 29.8 Å². The van der Waals surface area contributed by atoms with Gasteiger partial charge < -0.3 is 9.80 Å². The van der Waals surface area contributed by atoms with Crippen molar-refractivity contribution in [1.29, 1.82) is 5.26 Å². The Hall–Kier alpha value is -2.15. The lowest BCUT2D eigenvalue weighted by molar-refractivity contribution is -0.123. The number of anilines is 1. The largest absolute Gasteiger partial charge is 0.355 e. The number of hydrogen-bond acceptors (Lipinski definition) is 7. The first-order chi connectivity index (χ1) is 15.2. The number of piperazine rings is 1. The van der Waals surface area contributed by atoms with Crippen LogP contribution in [0.25, 0.3) is 6.08 Å². The van der Waals surface area contributed by atoms with Crippen LogP contribution in [0.5, 0.6) is 0 Å². The van der Waals surface area contributed by atoms with E-state index in [-0.39, 0.29) is 23.1 Å². The van der Waals surface area contributed by atoms with Gasteiger partial charge in [0.05, 0.1) is 4.91 Å².